The van der Waals surface area contributed by atoms with E-state index < -0.39 is 6.03 Å². The molecule has 0 saturated carbocycles. The van der Waals surface area contributed by atoms with Crippen molar-refractivity contribution in [1.29, 1.82) is 0 Å². The van der Waals surface area contributed by atoms with Gasteiger partial charge in [0.1, 0.15) is 5.75 Å². The van der Waals surface area contributed by atoms with Crippen molar-refractivity contribution in [2.45, 2.75) is 0 Å². The highest BCUT2D eigenvalue weighted by molar-refractivity contribution is 6.30. The Labute approximate surface area is 177 Å². The number of ether oxygens (including phenoxy) is 1. The van der Waals surface area contributed by atoms with Gasteiger partial charge in [0.25, 0.3) is 0 Å². The Morgan fingerprint density at radius 1 is 0.900 bits per heavy atom. The average molecular weight is 423 g/mol. The molecule has 0 fully saturated rings. The summed E-state index contributed by atoms with van der Waals surface area (Å²) >= 11 is 5.98. The van der Waals surface area contributed by atoms with Crippen LogP contribution in [0, 0.1) is 0 Å². The van der Waals surface area contributed by atoms with Crippen LogP contribution in [0.4, 0.5) is 16.2 Å². The van der Waals surface area contributed by atoms with Gasteiger partial charge in [-0.25, -0.2) is 9.59 Å². The highest BCUT2D eigenvalue weighted by atomic mass is 35.5. The van der Waals surface area contributed by atoms with Crippen LogP contribution in [0.25, 0.3) is 11.0 Å². The normalized spacial score (nSPS) is 10.8. The monoisotopic (exact) mass is 422 g/mol. The van der Waals surface area contributed by atoms with E-state index in [-0.39, 0.29) is 5.69 Å². The lowest BCUT2D eigenvalue weighted by Crippen LogP contribution is -2.20. The first-order chi connectivity index (χ1) is 14.4. The molecule has 30 heavy (non-hydrogen) atoms. The van der Waals surface area contributed by atoms with Gasteiger partial charge in [-0.05, 0) is 36.4 Å². The first-order valence-electron chi connectivity index (χ1n) is 9.18. The van der Waals surface area contributed by atoms with Gasteiger partial charge in [-0.1, -0.05) is 35.9 Å². The van der Waals surface area contributed by atoms with Crippen molar-refractivity contribution in [3.8, 4) is 11.5 Å². The number of amides is 2. The van der Waals surface area contributed by atoms with Crippen LogP contribution in [0.15, 0.2) is 71.5 Å². The molecule has 0 bridgehead atoms. The molecule has 2 amide bonds. The van der Waals surface area contributed by atoms with Gasteiger partial charge in [0.2, 0.25) is 0 Å². The number of aromatic nitrogens is 2. The number of rotatable bonds is 4. The number of nitrogens with zero attached hydrogens (tertiary/aromatic N) is 2. The Morgan fingerprint density at radius 3 is 2.30 bits per heavy atom. The van der Waals surface area contributed by atoms with Crippen LogP contribution in [0.2, 0.25) is 5.02 Å². The van der Waals surface area contributed by atoms with Crippen molar-refractivity contribution in [3.05, 3.63) is 82.2 Å². The van der Waals surface area contributed by atoms with Crippen molar-refractivity contribution >= 4 is 40.0 Å². The van der Waals surface area contributed by atoms with Crippen LogP contribution in [-0.2, 0) is 14.1 Å². The molecule has 0 aliphatic heterocycles. The van der Waals surface area contributed by atoms with Gasteiger partial charge < -0.3 is 15.4 Å². The molecule has 0 aliphatic rings. The Morgan fingerprint density at radius 2 is 1.60 bits per heavy atom. The second-order valence-corrected chi connectivity index (χ2v) is 7.18. The van der Waals surface area contributed by atoms with Crippen LogP contribution in [0.3, 0.4) is 0 Å². The third-order valence-electron chi connectivity index (χ3n) is 4.68. The third-order valence-corrected chi connectivity index (χ3v) is 4.91. The molecule has 3 aromatic carbocycles. The lowest BCUT2D eigenvalue weighted by atomic mass is 10.2. The van der Waals surface area contributed by atoms with Crippen LogP contribution >= 0.6 is 11.6 Å². The highest BCUT2D eigenvalue weighted by Crippen LogP contribution is 2.33. The summed E-state index contributed by atoms with van der Waals surface area (Å²) in [5.41, 5.74) is 2.16. The number of carbonyl (C=O) groups is 1. The number of aryl methyl sites for hydroxylation is 2. The number of hydrogen-bond acceptors (Lipinski definition) is 3. The van der Waals surface area contributed by atoms with E-state index in [9.17, 15) is 9.59 Å². The second kappa shape index (κ2) is 7.96. The molecule has 152 valence electrons. The van der Waals surface area contributed by atoms with Gasteiger partial charge in [0.15, 0.2) is 5.75 Å². The first-order valence-corrected chi connectivity index (χ1v) is 9.56. The number of fused-ring (bicyclic) bond motifs is 1. The first kappa shape index (κ1) is 19.6. The van der Waals surface area contributed by atoms with Gasteiger partial charge in [0, 0.05) is 30.9 Å². The highest BCUT2D eigenvalue weighted by Gasteiger charge is 2.16. The molecular formula is C22H19ClN4O3. The SMILES string of the molecule is Cn1c(=O)n(C)c2cc(Oc3ccccc3)c(NC(=O)Nc3cccc(Cl)c3)cc21. The summed E-state index contributed by atoms with van der Waals surface area (Å²) < 4.78 is 9.05. The van der Waals surface area contributed by atoms with Gasteiger partial charge in [-0.15, -0.1) is 0 Å². The van der Waals surface area contributed by atoms with Gasteiger partial charge in [0.05, 0.1) is 16.7 Å². The summed E-state index contributed by atoms with van der Waals surface area (Å²) in [6.45, 7) is 0. The van der Waals surface area contributed by atoms with Crippen molar-refractivity contribution in [1.82, 2.24) is 9.13 Å². The maximum Gasteiger partial charge on any atom is 0.328 e. The largest absolute Gasteiger partial charge is 0.455 e. The lowest BCUT2D eigenvalue weighted by molar-refractivity contribution is 0.262. The topological polar surface area (TPSA) is 77.3 Å². The molecule has 1 heterocycles. The van der Waals surface area contributed by atoms with E-state index in [1.807, 2.05) is 30.3 Å². The predicted octanol–water partition coefficient (Wildman–Crippen LogP) is 4.97. The van der Waals surface area contributed by atoms with E-state index in [1.54, 1.807) is 50.5 Å². The van der Waals surface area contributed by atoms with E-state index in [4.69, 9.17) is 16.3 Å². The number of benzene rings is 3. The summed E-state index contributed by atoms with van der Waals surface area (Å²) in [7, 11) is 3.37. The maximum absolute atomic E-state index is 12.6. The summed E-state index contributed by atoms with van der Waals surface area (Å²) in [6, 6.07) is 19.0. The molecule has 7 nitrogen and oxygen atoms in total. The smallest absolute Gasteiger partial charge is 0.328 e. The number of carbonyl (C=O) groups excluding carboxylic acids is 1. The molecule has 0 saturated heterocycles. The summed E-state index contributed by atoms with van der Waals surface area (Å²) in [5.74, 6) is 1.02. The lowest BCUT2D eigenvalue weighted by Gasteiger charge is -2.14. The molecule has 0 radical (unpaired) electrons. The molecule has 0 spiro atoms. The van der Waals surface area contributed by atoms with Crippen molar-refractivity contribution in [3.63, 3.8) is 0 Å². The van der Waals surface area contributed by atoms with E-state index in [1.165, 1.54) is 9.13 Å². The van der Waals surface area contributed by atoms with Crippen molar-refractivity contribution in [2.24, 2.45) is 14.1 Å². The number of urea groups is 1. The van der Waals surface area contributed by atoms with Gasteiger partial charge >= 0.3 is 11.7 Å². The standard InChI is InChI=1S/C22H19ClN4O3/c1-26-18-12-17(25-21(28)24-15-8-6-7-14(23)11-15)20(13-19(18)27(2)22(26)29)30-16-9-4-3-5-10-16/h3-13H,1-2H3,(H2,24,25,28). The summed E-state index contributed by atoms with van der Waals surface area (Å²) in [6.07, 6.45) is 0. The zero-order chi connectivity index (χ0) is 21.3. The Bertz CT molecular complexity index is 1300. The molecule has 0 aliphatic carbocycles. The van der Waals surface area contributed by atoms with Crippen LogP contribution in [-0.4, -0.2) is 15.2 Å². The van der Waals surface area contributed by atoms with E-state index in [2.05, 4.69) is 10.6 Å². The van der Waals surface area contributed by atoms with Gasteiger partial charge in [-0.2, -0.15) is 0 Å². The van der Waals surface area contributed by atoms with E-state index in [0.717, 1.165) is 0 Å². The van der Waals surface area contributed by atoms with Crippen LogP contribution < -0.4 is 21.1 Å². The maximum atomic E-state index is 12.6. The number of nitrogens with one attached hydrogen (secondary N) is 2. The molecule has 0 unspecified atom stereocenters. The Hall–Kier alpha value is -3.71. The summed E-state index contributed by atoms with van der Waals surface area (Å²) in [4.78, 5) is 24.9. The minimum Gasteiger partial charge on any atom is -0.455 e. The second-order valence-electron chi connectivity index (χ2n) is 6.74. The zero-order valence-corrected chi connectivity index (χ0v) is 17.1. The minimum atomic E-state index is -0.463. The Balaban J connectivity index is 1.72. The van der Waals surface area contributed by atoms with Crippen molar-refractivity contribution < 1.29 is 9.53 Å². The van der Waals surface area contributed by atoms with Gasteiger partial charge in [-0.3, -0.25) is 9.13 Å². The number of para-hydroxylation sites is 1. The number of halogens is 1. The molecule has 1 aromatic heterocycles. The van der Waals surface area contributed by atoms with Crippen LogP contribution in [0.1, 0.15) is 0 Å². The molecular weight excluding hydrogens is 404 g/mol. The molecule has 4 aromatic rings. The molecule has 8 heteroatoms. The fraction of sp³-hybridized carbons (Fsp3) is 0.0909. The fourth-order valence-corrected chi connectivity index (χ4v) is 3.36. The zero-order valence-electron chi connectivity index (χ0n) is 16.3. The number of anilines is 2. The van der Waals surface area contributed by atoms with E-state index in [0.29, 0.717) is 38.9 Å². The molecule has 4 rings (SSSR count). The third kappa shape index (κ3) is 3.88. The number of imidazole rings is 1. The summed E-state index contributed by atoms with van der Waals surface area (Å²) in [5, 5.41) is 6.06. The minimum absolute atomic E-state index is 0.170. The average Bonchev–Trinajstić information content (AvgIpc) is 2.93. The van der Waals surface area contributed by atoms with E-state index >= 15 is 0 Å². The predicted molar refractivity (Wildman–Crippen MR) is 119 cm³/mol. The number of hydrogen-bond donors (Lipinski definition) is 2. The fourth-order valence-electron chi connectivity index (χ4n) is 3.17. The quantitative estimate of drug-likeness (QED) is 0.487. The molecule has 0 atom stereocenters. The molecule has 2 N–H and O–H groups in total. The Kier molecular flexibility index (Phi) is 5.20. The van der Waals surface area contributed by atoms with Crippen molar-refractivity contribution in [2.75, 3.05) is 10.6 Å². The van der Waals surface area contributed by atoms with Crippen LogP contribution in [0.5, 0.6) is 11.5 Å².